The van der Waals surface area contributed by atoms with E-state index < -0.39 is 0 Å². The quantitative estimate of drug-likeness (QED) is 0.683. The predicted octanol–water partition coefficient (Wildman–Crippen LogP) is 2.73. The van der Waals surface area contributed by atoms with Crippen molar-refractivity contribution in [3.05, 3.63) is 63.1 Å². The lowest BCUT2D eigenvalue weighted by Crippen LogP contribution is -2.40. The number of piperidine rings is 1. The van der Waals surface area contributed by atoms with Crippen LogP contribution in [0.5, 0.6) is 0 Å². The first kappa shape index (κ1) is 18.4. The van der Waals surface area contributed by atoms with Gasteiger partial charge in [-0.05, 0) is 32.8 Å². The van der Waals surface area contributed by atoms with Gasteiger partial charge in [0.2, 0.25) is 0 Å². The molecule has 0 bridgehead atoms. The van der Waals surface area contributed by atoms with Crippen LogP contribution in [0.3, 0.4) is 0 Å². The number of nitrogens with one attached hydrogen (secondary N) is 2. The van der Waals surface area contributed by atoms with Gasteiger partial charge in [0, 0.05) is 43.5 Å². The van der Waals surface area contributed by atoms with E-state index in [1.54, 1.807) is 17.0 Å². The van der Waals surface area contributed by atoms with Crippen LogP contribution in [0.15, 0.2) is 51.9 Å². The summed E-state index contributed by atoms with van der Waals surface area (Å²) in [5.41, 5.74) is 1.97. The largest absolute Gasteiger partial charge is 0.346 e. The Hall–Kier alpha value is -2.93. The van der Waals surface area contributed by atoms with Crippen LogP contribution in [0.25, 0.3) is 21.9 Å². The van der Waals surface area contributed by atoms with Gasteiger partial charge in [-0.15, -0.1) is 0 Å². The van der Waals surface area contributed by atoms with Crippen molar-refractivity contribution >= 4 is 21.9 Å². The van der Waals surface area contributed by atoms with E-state index in [1.807, 2.05) is 19.1 Å². The standard InChI is InChI=1S/C21H25N5O2/c1-3-4-5-14(2)13-25-10-7-15(8-11-25)26-18-16-6-9-22-19(16)23-12-17(18)20(27)24-21(26)28/h3-6,9,12,15H,7-8,10-11,13H2,1-2H3,(H,22,23)(H,24,27,28)/b4-3?,14-5+. The molecule has 3 aromatic heterocycles. The van der Waals surface area contributed by atoms with Crippen molar-refractivity contribution in [3.8, 4) is 0 Å². The molecule has 7 nitrogen and oxygen atoms in total. The van der Waals surface area contributed by atoms with E-state index in [-0.39, 0.29) is 17.3 Å². The highest BCUT2D eigenvalue weighted by Crippen LogP contribution is 2.27. The van der Waals surface area contributed by atoms with E-state index in [0.29, 0.717) is 16.6 Å². The predicted molar refractivity (Wildman–Crippen MR) is 112 cm³/mol. The number of likely N-dealkylation sites (tertiary alicyclic amines) is 1. The van der Waals surface area contributed by atoms with Gasteiger partial charge < -0.3 is 4.98 Å². The number of rotatable bonds is 4. The number of nitrogens with zero attached hydrogens (tertiary/aromatic N) is 3. The molecular weight excluding hydrogens is 354 g/mol. The third-order valence-electron chi connectivity index (χ3n) is 5.45. The molecule has 3 aromatic rings. The third kappa shape index (κ3) is 3.33. The molecule has 28 heavy (non-hydrogen) atoms. The van der Waals surface area contributed by atoms with Gasteiger partial charge in [-0.2, -0.15) is 0 Å². The minimum atomic E-state index is -0.381. The number of aromatic nitrogens is 4. The fraction of sp³-hybridized carbons (Fsp3) is 0.381. The molecule has 1 fully saturated rings. The minimum absolute atomic E-state index is 0.0587. The maximum atomic E-state index is 12.7. The average Bonchev–Trinajstić information content (AvgIpc) is 3.16. The minimum Gasteiger partial charge on any atom is -0.346 e. The van der Waals surface area contributed by atoms with Crippen molar-refractivity contribution in [2.45, 2.75) is 32.7 Å². The van der Waals surface area contributed by atoms with Gasteiger partial charge >= 0.3 is 5.69 Å². The van der Waals surface area contributed by atoms with Crippen molar-refractivity contribution in [3.63, 3.8) is 0 Å². The van der Waals surface area contributed by atoms with Crippen molar-refractivity contribution in [2.75, 3.05) is 19.6 Å². The topological polar surface area (TPSA) is 86.8 Å². The van der Waals surface area contributed by atoms with E-state index in [4.69, 9.17) is 0 Å². The summed E-state index contributed by atoms with van der Waals surface area (Å²) < 4.78 is 1.77. The summed E-state index contributed by atoms with van der Waals surface area (Å²) >= 11 is 0. The summed E-state index contributed by atoms with van der Waals surface area (Å²) in [6.45, 7) is 6.92. The molecule has 0 radical (unpaired) electrons. The molecule has 146 valence electrons. The molecule has 4 rings (SSSR count). The van der Waals surface area contributed by atoms with Crippen molar-refractivity contribution < 1.29 is 0 Å². The fourth-order valence-corrected chi connectivity index (χ4v) is 4.10. The SMILES string of the molecule is CC=C/C=C(\C)CN1CCC(n2c(=O)[nH]c(=O)c3cnc4[nH]ccc4c32)CC1. The number of fused-ring (bicyclic) bond motifs is 3. The Labute approximate surface area is 162 Å². The van der Waals surface area contributed by atoms with E-state index in [2.05, 4.69) is 38.9 Å². The molecule has 0 amide bonds. The average molecular weight is 379 g/mol. The Balaban J connectivity index is 1.67. The van der Waals surface area contributed by atoms with Crippen LogP contribution in [-0.2, 0) is 0 Å². The molecular formula is C21H25N5O2. The van der Waals surface area contributed by atoms with Crippen LogP contribution in [0.1, 0.15) is 32.7 Å². The molecule has 0 atom stereocenters. The second-order valence-electron chi connectivity index (χ2n) is 7.44. The summed E-state index contributed by atoms with van der Waals surface area (Å²) in [6, 6.07) is 1.94. The van der Waals surface area contributed by atoms with E-state index in [0.717, 1.165) is 37.9 Å². The van der Waals surface area contributed by atoms with Gasteiger partial charge in [-0.1, -0.05) is 23.8 Å². The van der Waals surface area contributed by atoms with Crippen LogP contribution in [0, 0.1) is 0 Å². The molecule has 1 aliphatic rings. The molecule has 4 heterocycles. The third-order valence-corrected chi connectivity index (χ3v) is 5.45. The summed E-state index contributed by atoms with van der Waals surface area (Å²) in [4.78, 5) is 37.3. The fourth-order valence-electron chi connectivity index (χ4n) is 4.10. The molecule has 7 heteroatoms. The van der Waals surface area contributed by atoms with Gasteiger partial charge in [-0.25, -0.2) is 9.78 Å². The van der Waals surface area contributed by atoms with Gasteiger partial charge in [0.25, 0.3) is 5.56 Å². The number of hydrogen-bond acceptors (Lipinski definition) is 4. The molecule has 2 N–H and O–H groups in total. The second-order valence-corrected chi connectivity index (χ2v) is 7.44. The first-order valence-corrected chi connectivity index (χ1v) is 9.70. The molecule has 0 aliphatic carbocycles. The van der Waals surface area contributed by atoms with Crippen LogP contribution in [0.2, 0.25) is 0 Å². The van der Waals surface area contributed by atoms with E-state index in [9.17, 15) is 9.59 Å². The van der Waals surface area contributed by atoms with Crippen molar-refractivity contribution in [1.82, 2.24) is 24.4 Å². The highest BCUT2D eigenvalue weighted by molar-refractivity contribution is 6.01. The first-order valence-electron chi connectivity index (χ1n) is 9.70. The second kappa shape index (κ2) is 7.59. The zero-order valence-electron chi connectivity index (χ0n) is 16.2. The maximum absolute atomic E-state index is 12.7. The Morgan fingerprint density at radius 2 is 2.07 bits per heavy atom. The molecule has 1 aliphatic heterocycles. The molecule has 0 aromatic carbocycles. The summed E-state index contributed by atoms with van der Waals surface area (Å²) in [6.07, 6.45) is 11.3. The van der Waals surface area contributed by atoms with Gasteiger partial charge in [0.1, 0.15) is 5.65 Å². The van der Waals surface area contributed by atoms with Crippen LogP contribution < -0.4 is 11.2 Å². The number of hydrogen-bond donors (Lipinski definition) is 2. The van der Waals surface area contributed by atoms with Gasteiger partial charge in [0.15, 0.2) is 0 Å². The monoisotopic (exact) mass is 379 g/mol. The molecule has 0 saturated carbocycles. The Bertz CT molecular complexity index is 1170. The van der Waals surface area contributed by atoms with Gasteiger partial charge in [-0.3, -0.25) is 19.2 Å². The summed E-state index contributed by atoms with van der Waals surface area (Å²) in [7, 11) is 0. The smallest absolute Gasteiger partial charge is 0.329 e. The van der Waals surface area contributed by atoms with Crippen LogP contribution in [-0.4, -0.2) is 44.1 Å². The Kier molecular flexibility index (Phi) is 5.00. The van der Waals surface area contributed by atoms with Crippen molar-refractivity contribution in [2.24, 2.45) is 0 Å². The maximum Gasteiger partial charge on any atom is 0.329 e. The lowest BCUT2D eigenvalue weighted by atomic mass is 10.0. The van der Waals surface area contributed by atoms with E-state index in [1.165, 1.54) is 5.57 Å². The summed E-state index contributed by atoms with van der Waals surface area (Å²) in [5.74, 6) is 0. The van der Waals surface area contributed by atoms with Crippen LogP contribution in [0.4, 0.5) is 0 Å². The first-order chi connectivity index (χ1) is 13.6. The Morgan fingerprint density at radius 1 is 1.29 bits per heavy atom. The highest BCUT2D eigenvalue weighted by Gasteiger charge is 2.24. The zero-order chi connectivity index (χ0) is 19.7. The van der Waals surface area contributed by atoms with Crippen molar-refractivity contribution in [1.29, 1.82) is 0 Å². The molecule has 0 unspecified atom stereocenters. The zero-order valence-corrected chi connectivity index (χ0v) is 16.2. The number of pyridine rings is 1. The Morgan fingerprint density at radius 3 is 2.82 bits per heavy atom. The van der Waals surface area contributed by atoms with Gasteiger partial charge in [0.05, 0.1) is 10.9 Å². The number of allylic oxidation sites excluding steroid dienone is 3. The lowest BCUT2D eigenvalue weighted by molar-refractivity contribution is 0.199. The normalized spacial score (nSPS) is 17.3. The van der Waals surface area contributed by atoms with Crippen LogP contribution >= 0.6 is 0 Å². The lowest BCUT2D eigenvalue weighted by Gasteiger charge is -2.33. The highest BCUT2D eigenvalue weighted by atomic mass is 16.2. The summed E-state index contributed by atoms with van der Waals surface area (Å²) in [5, 5.41) is 1.27. The number of aromatic amines is 2. The molecule has 0 spiro atoms. The van der Waals surface area contributed by atoms with E-state index >= 15 is 0 Å². The molecule has 1 saturated heterocycles. The number of H-pyrrole nitrogens is 2.